The Morgan fingerprint density at radius 2 is 1.70 bits per heavy atom. The van der Waals surface area contributed by atoms with Gasteiger partial charge < -0.3 is 0 Å². The second kappa shape index (κ2) is 5.65. The number of rotatable bonds is 4. The first-order valence-electron chi connectivity index (χ1n) is 6.30. The number of nitrogens with zero attached hydrogens (tertiary/aromatic N) is 1. The molecule has 4 nitrogen and oxygen atoms in total. The number of carbonyl (C=O) groups is 1. The zero-order valence-electron chi connectivity index (χ0n) is 11.4. The van der Waals surface area contributed by atoms with Gasteiger partial charge in [-0.2, -0.15) is 0 Å². The lowest BCUT2D eigenvalue weighted by atomic mass is 10.0. The lowest BCUT2D eigenvalue weighted by molar-refractivity contribution is -0.384. The molecule has 0 aliphatic heterocycles. The van der Waals surface area contributed by atoms with Crippen LogP contribution in [0.1, 0.15) is 27.0 Å². The van der Waals surface area contributed by atoms with E-state index >= 15 is 0 Å². The zero-order valence-corrected chi connectivity index (χ0v) is 11.4. The Bertz CT molecular complexity index is 660. The first kappa shape index (κ1) is 13.9. The number of non-ortho nitro benzene ring substituents is 1. The number of aryl methyl sites for hydroxylation is 2. The van der Waals surface area contributed by atoms with Crippen molar-refractivity contribution >= 4 is 11.5 Å². The van der Waals surface area contributed by atoms with Crippen molar-refractivity contribution in [1.82, 2.24) is 0 Å². The highest BCUT2D eigenvalue weighted by Gasteiger charge is 2.13. The molecule has 0 aliphatic rings. The van der Waals surface area contributed by atoms with Crippen molar-refractivity contribution in [2.24, 2.45) is 0 Å². The van der Waals surface area contributed by atoms with Crippen LogP contribution in [-0.4, -0.2) is 10.7 Å². The molecule has 0 bridgehead atoms. The van der Waals surface area contributed by atoms with Crippen molar-refractivity contribution in [3.05, 3.63) is 74.8 Å². The van der Waals surface area contributed by atoms with E-state index in [1.807, 2.05) is 31.2 Å². The van der Waals surface area contributed by atoms with E-state index in [0.717, 1.165) is 11.1 Å². The second-order valence-electron chi connectivity index (χ2n) is 4.90. The summed E-state index contributed by atoms with van der Waals surface area (Å²) in [6.07, 6.45) is 0.251. The third-order valence-corrected chi connectivity index (χ3v) is 3.08. The van der Waals surface area contributed by atoms with Crippen molar-refractivity contribution in [2.75, 3.05) is 0 Å². The van der Waals surface area contributed by atoms with Gasteiger partial charge in [-0.15, -0.1) is 0 Å². The lowest BCUT2D eigenvalue weighted by Crippen LogP contribution is -2.05. The Morgan fingerprint density at radius 3 is 2.30 bits per heavy atom. The normalized spacial score (nSPS) is 10.3. The number of hydrogen-bond donors (Lipinski definition) is 0. The number of carbonyl (C=O) groups excluding carboxylic acids is 1. The number of nitro groups is 1. The summed E-state index contributed by atoms with van der Waals surface area (Å²) in [6, 6.07) is 12.2. The van der Waals surface area contributed by atoms with E-state index in [0.29, 0.717) is 11.1 Å². The van der Waals surface area contributed by atoms with Crippen LogP contribution in [-0.2, 0) is 6.42 Å². The molecule has 0 aromatic heterocycles. The molecular weight excluding hydrogens is 254 g/mol. The van der Waals surface area contributed by atoms with Crippen LogP contribution in [0.4, 0.5) is 5.69 Å². The molecule has 4 heteroatoms. The van der Waals surface area contributed by atoms with Gasteiger partial charge in [0.2, 0.25) is 0 Å². The van der Waals surface area contributed by atoms with E-state index in [1.165, 1.54) is 12.1 Å². The van der Waals surface area contributed by atoms with Crippen LogP contribution < -0.4 is 0 Å². The number of ketones is 1. The number of nitro benzene ring substituents is 1. The third-order valence-electron chi connectivity index (χ3n) is 3.08. The van der Waals surface area contributed by atoms with Crippen LogP contribution in [0.15, 0.2) is 42.5 Å². The van der Waals surface area contributed by atoms with Gasteiger partial charge >= 0.3 is 0 Å². The summed E-state index contributed by atoms with van der Waals surface area (Å²) in [5.41, 5.74) is 3.10. The third kappa shape index (κ3) is 3.29. The number of Topliss-reactive ketones (excluding diaryl/α,β-unsaturated/α-hetero) is 1. The maximum Gasteiger partial charge on any atom is 0.270 e. The number of benzene rings is 2. The molecule has 0 atom stereocenters. The summed E-state index contributed by atoms with van der Waals surface area (Å²) in [5.74, 6) is -0.111. The van der Waals surface area contributed by atoms with Crippen LogP contribution in [0, 0.1) is 24.0 Å². The predicted molar refractivity (Wildman–Crippen MR) is 77.0 cm³/mol. The van der Waals surface area contributed by atoms with E-state index in [1.54, 1.807) is 13.0 Å². The average molecular weight is 269 g/mol. The molecule has 2 aromatic rings. The maximum absolute atomic E-state index is 12.2. The fraction of sp³-hybridized carbons (Fsp3) is 0.188. The summed E-state index contributed by atoms with van der Waals surface area (Å²) >= 11 is 0. The van der Waals surface area contributed by atoms with E-state index in [4.69, 9.17) is 0 Å². The maximum atomic E-state index is 12.2. The van der Waals surface area contributed by atoms with Crippen molar-refractivity contribution in [3.63, 3.8) is 0 Å². The van der Waals surface area contributed by atoms with Gasteiger partial charge in [0.05, 0.1) is 4.92 Å². The molecule has 0 unspecified atom stereocenters. The molecular formula is C16H15NO3. The van der Waals surface area contributed by atoms with Crippen LogP contribution in [0.25, 0.3) is 0 Å². The molecule has 2 aromatic carbocycles. The highest BCUT2D eigenvalue weighted by molar-refractivity contribution is 5.98. The van der Waals surface area contributed by atoms with Gasteiger partial charge in [-0.1, -0.05) is 29.8 Å². The molecule has 0 spiro atoms. The average Bonchev–Trinajstić information content (AvgIpc) is 2.40. The van der Waals surface area contributed by atoms with Gasteiger partial charge in [-0.3, -0.25) is 14.9 Å². The molecule has 20 heavy (non-hydrogen) atoms. The first-order chi connectivity index (χ1) is 9.45. The van der Waals surface area contributed by atoms with Crippen LogP contribution in [0.3, 0.4) is 0 Å². The minimum Gasteiger partial charge on any atom is -0.294 e. The Morgan fingerprint density at radius 1 is 1.05 bits per heavy atom. The topological polar surface area (TPSA) is 60.2 Å². The largest absolute Gasteiger partial charge is 0.294 e. The number of hydrogen-bond acceptors (Lipinski definition) is 3. The Balaban J connectivity index is 2.25. The standard InChI is InChI=1S/C16H15NO3/c1-11-3-5-13(6-4-11)9-16(18)14-7-12(2)8-15(10-14)17(19)20/h3-8,10H,9H2,1-2H3. The monoisotopic (exact) mass is 269 g/mol. The quantitative estimate of drug-likeness (QED) is 0.483. The highest BCUT2D eigenvalue weighted by atomic mass is 16.6. The SMILES string of the molecule is Cc1ccc(CC(=O)c2cc(C)cc([N+](=O)[O-])c2)cc1. The van der Waals surface area contributed by atoms with E-state index in [9.17, 15) is 14.9 Å². The molecule has 0 amide bonds. The summed E-state index contributed by atoms with van der Waals surface area (Å²) in [6.45, 7) is 3.73. The minimum atomic E-state index is -0.477. The van der Waals surface area contributed by atoms with Gasteiger partial charge in [-0.25, -0.2) is 0 Å². The second-order valence-corrected chi connectivity index (χ2v) is 4.90. The van der Waals surface area contributed by atoms with Crippen molar-refractivity contribution in [2.45, 2.75) is 20.3 Å². The van der Waals surface area contributed by atoms with Gasteiger partial charge in [0, 0.05) is 24.1 Å². The van der Waals surface area contributed by atoms with Crippen LogP contribution in [0.5, 0.6) is 0 Å². The summed E-state index contributed by atoms with van der Waals surface area (Å²) < 4.78 is 0. The molecule has 0 saturated carbocycles. The molecule has 102 valence electrons. The van der Waals surface area contributed by atoms with E-state index < -0.39 is 4.92 Å². The van der Waals surface area contributed by atoms with Gasteiger partial charge in [0.1, 0.15) is 0 Å². The predicted octanol–water partition coefficient (Wildman–Crippen LogP) is 3.64. The van der Waals surface area contributed by atoms with Crippen molar-refractivity contribution in [3.8, 4) is 0 Å². The molecule has 0 fully saturated rings. The Labute approximate surface area is 117 Å². The van der Waals surface area contributed by atoms with E-state index in [-0.39, 0.29) is 17.9 Å². The molecule has 0 radical (unpaired) electrons. The molecule has 0 heterocycles. The van der Waals surface area contributed by atoms with Crippen molar-refractivity contribution < 1.29 is 9.72 Å². The van der Waals surface area contributed by atoms with Crippen LogP contribution >= 0.6 is 0 Å². The van der Waals surface area contributed by atoms with Crippen molar-refractivity contribution in [1.29, 1.82) is 0 Å². The van der Waals surface area contributed by atoms with Gasteiger partial charge in [-0.05, 0) is 31.0 Å². The minimum absolute atomic E-state index is 0.0442. The molecule has 0 N–H and O–H groups in total. The fourth-order valence-corrected chi connectivity index (χ4v) is 2.02. The summed E-state index contributed by atoms with van der Waals surface area (Å²) in [4.78, 5) is 22.5. The van der Waals surface area contributed by atoms with Gasteiger partial charge in [0.15, 0.2) is 5.78 Å². The van der Waals surface area contributed by atoms with Gasteiger partial charge in [0.25, 0.3) is 5.69 Å². The fourth-order valence-electron chi connectivity index (χ4n) is 2.02. The first-order valence-corrected chi connectivity index (χ1v) is 6.30. The smallest absolute Gasteiger partial charge is 0.270 e. The van der Waals surface area contributed by atoms with Crippen LogP contribution in [0.2, 0.25) is 0 Å². The highest BCUT2D eigenvalue weighted by Crippen LogP contribution is 2.18. The molecule has 2 rings (SSSR count). The lowest BCUT2D eigenvalue weighted by Gasteiger charge is -2.04. The zero-order chi connectivity index (χ0) is 14.7. The molecule has 0 aliphatic carbocycles. The summed E-state index contributed by atoms with van der Waals surface area (Å²) in [5, 5.41) is 10.8. The van der Waals surface area contributed by atoms with E-state index in [2.05, 4.69) is 0 Å². The Hall–Kier alpha value is -2.49. The Kier molecular flexibility index (Phi) is 3.94. The molecule has 0 saturated heterocycles. The summed E-state index contributed by atoms with van der Waals surface area (Å²) in [7, 11) is 0.